The highest BCUT2D eigenvalue weighted by Gasteiger charge is 2.31. The summed E-state index contributed by atoms with van der Waals surface area (Å²) in [6.45, 7) is 0. The quantitative estimate of drug-likeness (QED) is 0.772. The van der Waals surface area contributed by atoms with E-state index in [0.29, 0.717) is 0 Å². The Hall–Kier alpha value is -1.37. The van der Waals surface area contributed by atoms with Gasteiger partial charge in [-0.3, -0.25) is 4.79 Å². The van der Waals surface area contributed by atoms with Crippen molar-refractivity contribution in [2.75, 3.05) is 0 Å². The number of carbonyl (C=O) groups is 1. The molecule has 7 heteroatoms. The maximum atomic E-state index is 11.8. The van der Waals surface area contributed by atoms with Crippen LogP contribution in [-0.4, -0.2) is 12.3 Å². The minimum atomic E-state index is -4.81. The van der Waals surface area contributed by atoms with E-state index in [0.717, 1.165) is 12.1 Å². The lowest BCUT2D eigenvalue weighted by atomic mass is 10.2. The van der Waals surface area contributed by atoms with Crippen LogP contribution in [0.2, 0.25) is 0 Å². The number of thiol groups is 1. The molecule has 0 aliphatic rings. The molecule has 0 saturated carbocycles. The van der Waals surface area contributed by atoms with E-state index in [4.69, 9.17) is 5.73 Å². The summed E-state index contributed by atoms with van der Waals surface area (Å²) in [5.74, 6) is -1.37. The van der Waals surface area contributed by atoms with Gasteiger partial charge in [-0.25, -0.2) is 0 Å². The molecule has 0 radical (unpaired) electrons. The van der Waals surface area contributed by atoms with Gasteiger partial charge in [0.15, 0.2) is 0 Å². The van der Waals surface area contributed by atoms with Crippen LogP contribution in [0.4, 0.5) is 13.2 Å². The van der Waals surface area contributed by atoms with E-state index < -0.39 is 18.0 Å². The smallest absolute Gasteiger partial charge is 0.406 e. The van der Waals surface area contributed by atoms with Crippen LogP contribution in [0, 0.1) is 0 Å². The van der Waals surface area contributed by atoms with E-state index >= 15 is 0 Å². The topological polar surface area (TPSA) is 52.3 Å². The molecule has 0 aliphatic carbocycles. The molecule has 1 aromatic carbocycles. The van der Waals surface area contributed by atoms with Crippen molar-refractivity contribution in [1.82, 2.24) is 0 Å². The van der Waals surface area contributed by atoms with Gasteiger partial charge in [0.25, 0.3) is 0 Å². The molecule has 3 nitrogen and oxygen atoms in total. The summed E-state index contributed by atoms with van der Waals surface area (Å²) in [6.07, 6.45) is -4.81. The van der Waals surface area contributed by atoms with Gasteiger partial charge in [0, 0.05) is 10.5 Å². The number of nitrogens with two attached hydrogens (primary N) is 1. The zero-order valence-corrected chi connectivity index (χ0v) is 8.10. The first-order valence-corrected chi connectivity index (χ1v) is 4.12. The summed E-state index contributed by atoms with van der Waals surface area (Å²) in [5, 5.41) is 0. The summed E-state index contributed by atoms with van der Waals surface area (Å²) >= 11 is 3.81. The number of halogens is 3. The van der Waals surface area contributed by atoms with Crippen molar-refractivity contribution in [3.63, 3.8) is 0 Å². The molecule has 0 aromatic heterocycles. The predicted molar refractivity (Wildman–Crippen MR) is 48.9 cm³/mol. The zero-order valence-electron chi connectivity index (χ0n) is 7.21. The largest absolute Gasteiger partial charge is 0.573 e. The highest BCUT2D eigenvalue weighted by molar-refractivity contribution is 7.80. The zero-order chi connectivity index (χ0) is 11.6. The summed E-state index contributed by atoms with van der Waals surface area (Å²) < 4.78 is 39.1. The van der Waals surface area contributed by atoms with Crippen LogP contribution in [0.25, 0.3) is 0 Å². The lowest BCUT2D eigenvalue weighted by Crippen LogP contribution is -2.18. The Labute approximate surface area is 88.4 Å². The SMILES string of the molecule is NC(=O)c1cc(S)cc(OC(F)(F)F)c1. The van der Waals surface area contributed by atoms with Crippen LogP contribution in [-0.2, 0) is 0 Å². The molecule has 15 heavy (non-hydrogen) atoms. The Balaban J connectivity index is 3.04. The minimum Gasteiger partial charge on any atom is -0.406 e. The van der Waals surface area contributed by atoms with Crippen LogP contribution in [0.15, 0.2) is 23.1 Å². The monoisotopic (exact) mass is 237 g/mol. The number of carbonyl (C=O) groups excluding carboxylic acids is 1. The first-order valence-electron chi connectivity index (χ1n) is 3.67. The maximum Gasteiger partial charge on any atom is 0.573 e. The van der Waals surface area contributed by atoms with Crippen LogP contribution in [0.5, 0.6) is 5.75 Å². The van der Waals surface area contributed by atoms with Crippen molar-refractivity contribution in [2.45, 2.75) is 11.3 Å². The molecule has 0 fully saturated rings. The second kappa shape index (κ2) is 4.01. The first-order chi connectivity index (χ1) is 6.78. The molecule has 0 heterocycles. The molecular weight excluding hydrogens is 231 g/mol. The van der Waals surface area contributed by atoms with Crippen LogP contribution in [0.3, 0.4) is 0 Å². The van der Waals surface area contributed by atoms with Crippen LogP contribution in [0.1, 0.15) is 10.4 Å². The number of alkyl halides is 3. The third-order valence-corrected chi connectivity index (χ3v) is 1.67. The molecular formula is C8H6F3NO2S. The van der Waals surface area contributed by atoms with E-state index in [1.54, 1.807) is 0 Å². The molecule has 2 N–H and O–H groups in total. The first kappa shape index (κ1) is 11.7. The fourth-order valence-corrected chi connectivity index (χ4v) is 1.18. The van der Waals surface area contributed by atoms with Gasteiger partial charge in [0.2, 0.25) is 5.91 Å². The molecule has 82 valence electrons. The lowest BCUT2D eigenvalue weighted by molar-refractivity contribution is -0.274. The van der Waals surface area contributed by atoms with E-state index in [1.165, 1.54) is 6.07 Å². The van der Waals surface area contributed by atoms with Crippen molar-refractivity contribution in [3.05, 3.63) is 23.8 Å². The Morgan fingerprint density at radius 3 is 2.40 bits per heavy atom. The molecule has 0 aliphatic heterocycles. The average Bonchev–Trinajstić information content (AvgIpc) is 1.99. The molecule has 0 atom stereocenters. The van der Waals surface area contributed by atoms with E-state index in [-0.39, 0.29) is 10.5 Å². The number of hydrogen-bond donors (Lipinski definition) is 2. The lowest BCUT2D eigenvalue weighted by Gasteiger charge is -2.09. The Bertz CT molecular complexity index is 392. The number of rotatable bonds is 2. The van der Waals surface area contributed by atoms with Crippen molar-refractivity contribution in [3.8, 4) is 5.75 Å². The molecule has 1 amide bonds. The van der Waals surface area contributed by atoms with Crippen molar-refractivity contribution < 1.29 is 22.7 Å². The van der Waals surface area contributed by atoms with Crippen molar-refractivity contribution >= 4 is 18.5 Å². The Kier molecular flexibility index (Phi) is 3.13. The fraction of sp³-hybridized carbons (Fsp3) is 0.125. The third-order valence-electron chi connectivity index (χ3n) is 1.41. The summed E-state index contributed by atoms with van der Waals surface area (Å²) in [7, 11) is 0. The van der Waals surface area contributed by atoms with E-state index in [2.05, 4.69) is 17.4 Å². The average molecular weight is 237 g/mol. The van der Waals surface area contributed by atoms with Gasteiger partial charge in [-0.15, -0.1) is 25.8 Å². The van der Waals surface area contributed by atoms with Crippen molar-refractivity contribution in [1.29, 1.82) is 0 Å². The summed E-state index contributed by atoms with van der Waals surface area (Å²) in [4.78, 5) is 10.9. The number of primary amides is 1. The van der Waals surface area contributed by atoms with Gasteiger partial charge in [-0.2, -0.15) is 0 Å². The van der Waals surface area contributed by atoms with Gasteiger partial charge in [0.05, 0.1) is 0 Å². The molecule has 1 aromatic rings. The van der Waals surface area contributed by atoms with Gasteiger partial charge in [0.1, 0.15) is 5.75 Å². The standard InChI is InChI=1S/C8H6F3NO2S/c9-8(10,11)14-5-1-4(7(12)13)2-6(15)3-5/h1-3,15H,(H2,12,13). The number of benzene rings is 1. The summed E-state index contributed by atoms with van der Waals surface area (Å²) in [6, 6.07) is 3.17. The van der Waals surface area contributed by atoms with Gasteiger partial charge >= 0.3 is 6.36 Å². The second-order valence-corrected chi connectivity index (χ2v) is 3.14. The normalized spacial score (nSPS) is 11.2. The van der Waals surface area contributed by atoms with E-state index in [9.17, 15) is 18.0 Å². The maximum absolute atomic E-state index is 11.8. The highest BCUT2D eigenvalue weighted by atomic mass is 32.1. The van der Waals surface area contributed by atoms with Crippen LogP contribution >= 0.6 is 12.6 Å². The predicted octanol–water partition coefficient (Wildman–Crippen LogP) is 1.97. The Morgan fingerprint density at radius 2 is 1.93 bits per heavy atom. The number of amides is 1. The molecule has 0 saturated heterocycles. The van der Waals surface area contributed by atoms with Gasteiger partial charge in [-0.05, 0) is 18.2 Å². The van der Waals surface area contributed by atoms with Crippen molar-refractivity contribution in [2.24, 2.45) is 5.73 Å². The summed E-state index contributed by atoms with van der Waals surface area (Å²) in [5.41, 5.74) is 4.81. The highest BCUT2D eigenvalue weighted by Crippen LogP contribution is 2.26. The molecule has 1 rings (SSSR count). The molecule has 0 spiro atoms. The third kappa shape index (κ3) is 3.70. The van der Waals surface area contributed by atoms with Crippen LogP contribution < -0.4 is 10.5 Å². The van der Waals surface area contributed by atoms with Gasteiger partial charge in [-0.1, -0.05) is 0 Å². The molecule has 0 unspecified atom stereocenters. The number of ether oxygens (including phenoxy) is 1. The molecule has 0 bridgehead atoms. The minimum absolute atomic E-state index is 0.0956. The van der Waals surface area contributed by atoms with Gasteiger partial charge < -0.3 is 10.5 Å². The second-order valence-electron chi connectivity index (χ2n) is 2.63. The van der Waals surface area contributed by atoms with E-state index in [1.807, 2.05) is 0 Å². The number of hydrogen-bond acceptors (Lipinski definition) is 3. The Morgan fingerprint density at radius 1 is 1.33 bits per heavy atom. The fourth-order valence-electron chi connectivity index (χ4n) is 0.918.